The van der Waals surface area contributed by atoms with Crippen LogP contribution in [0.4, 0.5) is 5.82 Å². The molecule has 8 nitrogen and oxygen atoms in total. The lowest BCUT2D eigenvalue weighted by Crippen LogP contribution is -2.43. The van der Waals surface area contributed by atoms with E-state index in [1.54, 1.807) is 48.4 Å². The molecule has 1 aliphatic heterocycles. The predicted molar refractivity (Wildman–Crippen MR) is 123 cm³/mol. The van der Waals surface area contributed by atoms with Crippen molar-refractivity contribution in [3.63, 3.8) is 0 Å². The van der Waals surface area contributed by atoms with Gasteiger partial charge in [-0.3, -0.25) is 9.59 Å². The van der Waals surface area contributed by atoms with E-state index in [9.17, 15) is 9.59 Å². The van der Waals surface area contributed by atoms with Crippen LogP contribution in [0.5, 0.6) is 11.5 Å². The Balaban J connectivity index is 1.34. The number of para-hydroxylation sites is 2. The molecule has 1 aromatic carbocycles. The maximum absolute atomic E-state index is 13.0. The van der Waals surface area contributed by atoms with E-state index in [1.165, 1.54) is 6.20 Å². The Kier molecular flexibility index (Phi) is 7.14. The number of anilines is 1. The van der Waals surface area contributed by atoms with Gasteiger partial charge < -0.3 is 24.1 Å². The van der Waals surface area contributed by atoms with Crippen LogP contribution in [0.25, 0.3) is 0 Å². The molecule has 2 aromatic heterocycles. The van der Waals surface area contributed by atoms with Crippen LogP contribution in [0, 0.1) is 5.92 Å². The SMILES string of the molecule is COc1ccccc1OCc1ccc(C(=O)N2CCCC(C(=O)Nc3ccc(Cl)cn3)C2)o1. The van der Waals surface area contributed by atoms with Crippen molar-refractivity contribution in [2.45, 2.75) is 19.4 Å². The summed E-state index contributed by atoms with van der Waals surface area (Å²) in [6, 6.07) is 13.9. The summed E-state index contributed by atoms with van der Waals surface area (Å²) in [7, 11) is 1.57. The number of hydrogen-bond donors (Lipinski definition) is 1. The van der Waals surface area contributed by atoms with E-state index in [1.807, 2.05) is 12.1 Å². The number of methoxy groups -OCH3 is 1. The number of carbonyl (C=O) groups excluding carboxylic acids is 2. The molecule has 0 bridgehead atoms. The number of hydrogen-bond acceptors (Lipinski definition) is 6. The molecule has 33 heavy (non-hydrogen) atoms. The molecule has 172 valence electrons. The summed E-state index contributed by atoms with van der Waals surface area (Å²) in [5.41, 5.74) is 0. The summed E-state index contributed by atoms with van der Waals surface area (Å²) in [4.78, 5) is 31.4. The quantitative estimate of drug-likeness (QED) is 0.551. The first-order valence-electron chi connectivity index (χ1n) is 10.6. The Labute approximate surface area is 196 Å². The van der Waals surface area contributed by atoms with Crippen LogP contribution < -0.4 is 14.8 Å². The van der Waals surface area contributed by atoms with Crippen LogP contribution >= 0.6 is 11.6 Å². The normalized spacial score (nSPS) is 15.7. The number of nitrogens with one attached hydrogen (secondary N) is 1. The Morgan fingerprint density at radius 2 is 2.00 bits per heavy atom. The van der Waals surface area contributed by atoms with Gasteiger partial charge in [-0.15, -0.1) is 0 Å². The van der Waals surface area contributed by atoms with Crippen molar-refractivity contribution < 1.29 is 23.5 Å². The summed E-state index contributed by atoms with van der Waals surface area (Å²) >= 11 is 5.83. The second kappa shape index (κ2) is 10.4. The van der Waals surface area contributed by atoms with Gasteiger partial charge in [0.1, 0.15) is 18.2 Å². The van der Waals surface area contributed by atoms with Gasteiger partial charge in [0.15, 0.2) is 17.3 Å². The first-order valence-corrected chi connectivity index (χ1v) is 11.0. The van der Waals surface area contributed by atoms with Gasteiger partial charge in [-0.2, -0.15) is 0 Å². The molecule has 0 aliphatic carbocycles. The number of likely N-dealkylation sites (tertiary alicyclic amines) is 1. The molecule has 1 unspecified atom stereocenters. The highest BCUT2D eigenvalue weighted by Gasteiger charge is 2.30. The van der Waals surface area contributed by atoms with Crippen molar-refractivity contribution >= 4 is 29.2 Å². The van der Waals surface area contributed by atoms with Crippen LogP contribution in [0.1, 0.15) is 29.2 Å². The molecule has 1 N–H and O–H groups in total. The van der Waals surface area contributed by atoms with Crippen LogP contribution in [0.2, 0.25) is 5.02 Å². The number of amides is 2. The Morgan fingerprint density at radius 1 is 1.18 bits per heavy atom. The van der Waals surface area contributed by atoms with Gasteiger partial charge >= 0.3 is 0 Å². The summed E-state index contributed by atoms with van der Waals surface area (Å²) in [6.07, 6.45) is 2.89. The summed E-state index contributed by atoms with van der Waals surface area (Å²) in [6.45, 7) is 1.04. The van der Waals surface area contributed by atoms with Gasteiger partial charge in [-0.05, 0) is 49.2 Å². The number of benzene rings is 1. The minimum absolute atomic E-state index is 0.160. The fourth-order valence-electron chi connectivity index (χ4n) is 3.67. The number of aromatic nitrogens is 1. The number of carbonyl (C=O) groups is 2. The van der Waals surface area contributed by atoms with E-state index < -0.39 is 0 Å². The number of nitrogens with zero attached hydrogens (tertiary/aromatic N) is 2. The highest BCUT2D eigenvalue weighted by atomic mass is 35.5. The number of halogens is 1. The highest BCUT2D eigenvalue weighted by molar-refractivity contribution is 6.30. The van der Waals surface area contributed by atoms with E-state index in [0.717, 1.165) is 6.42 Å². The molecule has 0 radical (unpaired) electrons. The molecule has 4 rings (SSSR count). The third-order valence-corrected chi connectivity index (χ3v) is 5.59. The van der Waals surface area contributed by atoms with E-state index in [2.05, 4.69) is 10.3 Å². The molecular weight excluding hydrogens is 446 g/mol. The van der Waals surface area contributed by atoms with Crippen molar-refractivity contribution in [3.05, 3.63) is 71.3 Å². The molecule has 3 heterocycles. The molecular formula is C24H24ClN3O5. The molecule has 1 saturated heterocycles. The fraction of sp³-hybridized carbons (Fsp3) is 0.292. The number of pyridine rings is 1. The molecule has 2 amide bonds. The summed E-state index contributed by atoms with van der Waals surface area (Å²) in [5.74, 6) is 1.62. The predicted octanol–water partition coefficient (Wildman–Crippen LogP) is 4.41. The highest BCUT2D eigenvalue weighted by Crippen LogP contribution is 2.27. The minimum atomic E-state index is -0.330. The third kappa shape index (κ3) is 5.64. The molecule has 3 aromatic rings. The van der Waals surface area contributed by atoms with Crippen LogP contribution in [0.3, 0.4) is 0 Å². The van der Waals surface area contributed by atoms with Crippen molar-refractivity contribution in [2.75, 3.05) is 25.5 Å². The molecule has 1 atom stereocenters. The summed E-state index contributed by atoms with van der Waals surface area (Å²) < 4.78 is 16.7. The van der Waals surface area contributed by atoms with Gasteiger partial charge in [0.25, 0.3) is 5.91 Å². The van der Waals surface area contributed by atoms with Crippen molar-refractivity contribution in [1.29, 1.82) is 0 Å². The minimum Gasteiger partial charge on any atom is -0.493 e. The largest absolute Gasteiger partial charge is 0.493 e. The maximum Gasteiger partial charge on any atom is 0.289 e. The number of piperidine rings is 1. The zero-order chi connectivity index (χ0) is 23.2. The number of ether oxygens (including phenoxy) is 2. The van der Waals surface area contributed by atoms with Gasteiger partial charge in [0, 0.05) is 19.3 Å². The molecule has 9 heteroatoms. The smallest absolute Gasteiger partial charge is 0.289 e. The first kappa shape index (κ1) is 22.7. The lowest BCUT2D eigenvalue weighted by molar-refractivity contribution is -0.121. The van der Waals surface area contributed by atoms with Crippen molar-refractivity contribution in [2.24, 2.45) is 5.92 Å². The molecule has 0 saturated carbocycles. The van der Waals surface area contributed by atoms with E-state index >= 15 is 0 Å². The van der Waals surface area contributed by atoms with Gasteiger partial charge in [0.05, 0.1) is 18.1 Å². The molecule has 0 spiro atoms. The Morgan fingerprint density at radius 3 is 2.76 bits per heavy atom. The average molecular weight is 470 g/mol. The van der Waals surface area contributed by atoms with Gasteiger partial charge in [0.2, 0.25) is 5.91 Å². The lowest BCUT2D eigenvalue weighted by Gasteiger charge is -2.31. The van der Waals surface area contributed by atoms with E-state index in [0.29, 0.717) is 47.6 Å². The van der Waals surface area contributed by atoms with Crippen LogP contribution in [-0.4, -0.2) is 41.9 Å². The zero-order valence-corrected chi connectivity index (χ0v) is 18.9. The molecule has 1 aliphatic rings. The van der Waals surface area contributed by atoms with Crippen molar-refractivity contribution in [1.82, 2.24) is 9.88 Å². The van der Waals surface area contributed by atoms with Crippen LogP contribution in [0.15, 0.2) is 59.1 Å². The maximum atomic E-state index is 13.0. The number of rotatable bonds is 7. The standard InChI is InChI=1S/C24H24ClN3O5/c1-31-19-6-2-3-7-20(19)32-15-18-9-10-21(33-18)24(30)28-12-4-5-16(14-28)23(29)27-22-11-8-17(25)13-26-22/h2-3,6-11,13,16H,4-5,12,14-15H2,1H3,(H,26,27,29). The Bertz CT molecular complexity index is 1120. The van der Waals surface area contributed by atoms with Gasteiger partial charge in [-0.25, -0.2) is 4.98 Å². The Hall–Kier alpha value is -3.52. The van der Waals surface area contributed by atoms with E-state index in [-0.39, 0.29) is 30.1 Å². The second-order valence-electron chi connectivity index (χ2n) is 7.65. The summed E-state index contributed by atoms with van der Waals surface area (Å²) in [5, 5.41) is 3.28. The average Bonchev–Trinajstić information content (AvgIpc) is 3.33. The first-order chi connectivity index (χ1) is 16.0. The van der Waals surface area contributed by atoms with Crippen LogP contribution in [-0.2, 0) is 11.4 Å². The second-order valence-corrected chi connectivity index (χ2v) is 8.08. The zero-order valence-electron chi connectivity index (χ0n) is 18.1. The lowest BCUT2D eigenvalue weighted by atomic mass is 9.97. The van der Waals surface area contributed by atoms with Gasteiger partial charge in [-0.1, -0.05) is 23.7 Å². The number of furan rings is 1. The van der Waals surface area contributed by atoms with Crippen molar-refractivity contribution in [3.8, 4) is 11.5 Å². The fourth-order valence-corrected chi connectivity index (χ4v) is 3.78. The third-order valence-electron chi connectivity index (χ3n) is 5.37. The van der Waals surface area contributed by atoms with E-state index in [4.69, 9.17) is 25.5 Å². The monoisotopic (exact) mass is 469 g/mol. The molecule has 1 fully saturated rings. The topological polar surface area (TPSA) is 93.9 Å².